The summed E-state index contributed by atoms with van der Waals surface area (Å²) in [6, 6.07) is 10.4. The number of hydrogen-bond donors (Lipinski definition) is 2. The first kappa shape index (κ1) is 12.4. The maximum Gasteiger partial charge on any atom is 0.128 e. The molecule has 0 unspecified atom stereocenters. The summed E-state index contributed by atoms with van der Waals surface area (Å²) in [7, 11) is 0. The molecule has 2 nitrogen and oxygen atoms in total. The highest BCUT2D eigenvalue weighted by Crippen LogP contribution is 2.20. The van der Waals surface area contributed by atoms with Crippen molar-refractivity contribution in [3.05, 3.63) is 58.9 Å². The molecule has 2 rings (SSSR count). The van der Waals surface area contributed by atoms with Gasteiger partial charge in [-0.25, -0.2) is 4.39 Å². The highest BCUT2D eigenvalue weighted by atomic mass is 19.1. The lowest BCUT2D eigenvalue weighted by Crippen LogP contribution is -2.00. The molecule has 2 N–H and O–H groups in total. The SMILES string of the molecule is Cc1ccc(O)c(CNc2ccc(C)c(F)c2)c1. The number of rotatable bonds is 3. The molecule has 94 valence electrons. The normalized spacial score (nSPS) is 10.4. The van der Waals surface area contributed by atoms with Crippen LogP contribution in [0, 0.1) is 19.7 Å². The monoisotopic (exact) mass is 245 g/mol. The lowest BCUT2D eigenvalue weighted by atomic mass is 10.1. The van der Waals surface area contributed by atoms with Crippen molar-refractivity contribution in [2.45, 2.75) is 20.4 Å². The highest BCUT2D eigenvalue weighted by molar-refractivity contribution is 5.47. The van der Waals surface area contributed by atoms with Crippen LogP contribution in [0.2, 0.25) is 0 Å². The van der Waals surface area contributed by atoms with Crippen LogP contribution >= 0.6 is 0 Å². The minimum atomic E-state index is -0.228. The molecule has 18 heavy (non-hydrogen) atoms. The average molecular weight is 245 g/mol. The van der Waals surface area contributed by atoms with Crippen LogP contribution in [0.4, 0.5) is 10.1 Å². The predicted octanol–water partition coefficient (Wildman–Crippen LogP) is 3.76. The fourth-order valence-electron chi connectivity index (χ4n) is 1.76. The zero-order chi connectivity index (χ0) is 13.1. The minimum absolute atomic E-state index is 0.228. The van der Waals surface area contributed by atoms with Crippen molar-refractivity contribution in [3.8, 4) is 5.75 Å². The van der Waals surface area contributed by atoms with Gasteiger partial charge in [-0.2, -0.15) is 0 Å². The van der Waals surface area contributed by atoms with E-state index in [4.69, 9.17) is 0 Å². The fourth-order valence-corrected chi connectivity index (χ4v) is 1.76. The summed E-state index contributed by atoms with van der Waals surface area (Å²) in [6.45, 7) is 4.16. The van der Waals surface area contributed by atoms with Crippen molar-refractivity contribution in [3.63, 3.8) is 0 Å². The van der Waals surface area contributed by atoms with Crippen LogP contribution < -0.4 is 5.32 Å². The molecule has 0 radical (unpaired) electrons. The first-order valence-electron chi connectivity index (χ1n) is 5.85. The molecule has 0 aromatic heterocycles. The molecular formula is C15H16FNO. The molecule has 0 saturated heterocycles. The van der Waals surface area contributed by atoms with E-state index in [9.17, 15) is 9.50 Å². The largest absolute Gasteiger partial charge is 0.508 e. The molecule has 0 aliphatic carbocycles. The number of halogens is 1. The lowest BCUT2D eigenvalue weighted by Gasteiger charge is -2.09. The molecule has 0 fully saturated rings. The van der Waals surface area contributed by atoms with Gasteiger partial charge in [-0.05, 0) is 37.6 Å². The van der Waals surface area contributed by atoms with Crippen molar-refractivity contribution >= 4 is 5.69 Å². The van der Waals surface area contributed by atoms with Crippen molar-refractivity contribution in [1.82, 2.24) is 0 Å². The van der Waals surface area contributed by atoms with E-state index in [1.54, 1.807) is 19.1 Å². The van der Waals surface area contributed by atoms with Crippen LogP contribution in [0.25, 0.3) is 0 Å². The maximum atomic E-state index is 13.4. The Labute approximate surface area is 106 Å². The number of nitrogens with one attached hydrogen (secondary N) is 1. The van der Waals surface area contributed by atoms with E-state index >= 15 is 0 Å². The number of benzene rings is 2. The van der Waals surface area contributed by atoms with E-state index in [-0.39, 0.29) is 11.6 Å². The minimum Gasteiger partial charge on any atom is -0.508 e. The Morgan fingerprint density at radius 1 is 1.11 bits per heavy atom. The predicted molar refractivity (Wildman–Crippen MR) is 71.3 cm³/mol. The molecular weight excluding hydrogens is 229 g/mol. The molecule has 0 aliphatic rings. The zero-order valence-corrected chi connectivity index (χ0v) is 10.5. The maximum absolute atomic E-state index is 13.4. The number of aryl methyl sites for hydroxylation is 2. The molecule has 3 heteroatoms. The summed E-state index contributed by atoms with van der Waals surface area (Å²) in [4.78, 5) is 0. The molecule has 0 spiro atoms. The second-order valence-corrected chi connectivity index (χ2v) is 4.45. The van der Waals surface area contributed by atoms with Crippen LogP contribution in [0.5, 0.6) is 5.75 Å². The zero-order valence-electron chi connectivity index (χ0n) is 10.5. The highest BCUT2D eigenvalue weighted by Gasteiger charge is 2.03. The number of anilines is 1. The summed E-state index contributed by atoms with van der Waals surface area (Å²) >= 11 is 0. The van der Waals surface area contributed by atoms with Crippen LogP contribution in [-0.2, 0) is 6.54 Å². The molecule has 0 atom stereocenters. The van der Waals surface area contributed by atoms with Crippen molar-refractivity contribution in [2.24, 2.45) is 0 Å². The Bertz CT molecular complexity index is 566. The van der Waals surface area contributed by atoms with E-state index < -0.39 is 0 Å². The summed E-state index contributed by atoms with van der Waals surface area (Å²) in [5.74, 6) is 0.0224. The Balaban J connectivity index is 2.11. The Morgan fingerprint density at radius 2 is 1.89 bits per heavy atom. The van der Waals surface area contributed by atoms with Gasteiger partial charge in [0.1, 0.15) is 11.6 Å². The van der Waals surface area contributed by atoms with Crippen LogP contribution in [0.3, 0.4) is 0 Å². The third-order valence-electron chi connectivity index (χ3n) is 2.89. The van der Waals surface area contributed by atoms with E-state index in [2.05, 4.69) is 5.32 Å². The third kappa shape index (κ3) is 2.80. The Hall–Kier alpha value is -2.03. The van der Waals surface area contributed by atoms with E-state index in [1.165, 1.54) is 6.07 Å². The second kappa shape index (κ2) is 5.08. The Kier molecular flexibility index (Phi) is 3.51. The Morgan fingerprint density at radius 3 is 2.61 bits per heavy atom. The molecule has 2 aromatic carbocycles. The van der Waals surface area contributed by atoms with Gasteiger partial charge in [0.25, 0.3) is 0 Å². The number of aromatic hydroxyl groups is 1. The number of phenols is 1. The molecule has 0 bridgehead atoms. The van der Waals surface area contributed by atoms with Gasteiger partial charge in [0, 0.05) is 17.8 Å². The standard InChI is InChI=1S/C15H16FNO/c1-10-3-6-15(18)12(7-10)9-17-13-5-4-11(2)14(16)8-13/h3-8,17-18H,9H2,1-2H3. The first-order valence-corrected chi connectivity index (χ1v) is 5.85. The quantitative estimate of drug-likeness (QED) is 0.863. The molecule has 0 aliphatic heterocycles. The van der Waals surface area contributed by atoms with E-state index in [1.807, 2.05) is 25.1 Å². The molecule has 0 saturated carbocycles. The second-order valence-electron chi connectivity index (χ2n) is 4.45. The summed E-state index contributed by atoms with van der Waals surface area (Å²) < 4.78 is 13.4. The molecule has 0 heterocycles. The van der Waals surface area contributed by atoms with Crippen LogP contribution in [-0.4, -0.2) is 5.11 Å². The number of hydrogen-bond acceptors (Lipinski definition) is 2. The van der Waals surface area contributed by atoms with Gasteiger partial charge in [0.05, 0.1) is 0 Å². The van der Waals surface area contributed by atoms with Crippen molar-refractivity contribution in [1.29, 1.82) is 0 Å². The van der Waals surface area contributed by atoms with Gasteiger partial charge in [-0.15, -0.1) is 0 Å². The first-order chi connectivity index (χ1) is 8.56. The van der Waals surface area contributed by atoms with E-state index in [0.717, 1.165) is 11.1 Å². The van der Waals surface area contributed by atoms with Gasteiger partial charge >= 0.3 is 0 Å². The van der Waals surface area contributed by atoms with E-state index in [0.29, 0.717) is 17.8 Å². The fraction of sp³-hybridized carbons (Fsp3) is 0.200. The molecule has 0 amide bonds. The van der Waals surface area contributed by atoms with Gasteiger partial charge in [0.2, 0.25) is 0 Å². The van der Waals surface area contributed by atoms with Crippen LogP contribution in [0.1, 0.15) is 16.7 Å². The van der Waals surface area contributed by atoms with Gasteiger partial charge in [-0.3, -0.25) is 0 Å². The summed E-state index contributed by atoms with van der Waals surface area (Å²) in [5, 5.41) is 12.8. The summed E-state index contributed by atoms with van der Waals surface area (Å²) in [5.41, 5.74) is 3.22. The number of phenolic OH excluding ortho intramolecular Hbond substituents is 1. The smallest absolute Gasteiger partial charge is 0.128 e. The van der Waals surface area contributed by atoms with Gasteiger partial charge in [0.15, 0.2) is 0 Å². The lowest BCUT2D eigenvalue weighted by molar-refractivity contribution is 0.469. The average Bonchev–Trinajstić information content (AvgIpc) is 2.34. The van der Waals surface area contributed by atoms with Crippen LogP contribution in [0.15, 0.2) is 36.4 Å². The van der Waals surface area contributed by atoms with Gasteiger partial charge < -0.3 is 10.4 Å². The van der Waals surface area contributed by atoms with Crippen molar-refractivity contribution in [2.75, 3.05) is 5.32 Å². The topological polar surface area (TPSA) is 32.3 Å². The van der Waals surface area contributed by atoms with Crippen molar-refractivity contribution < 1.29 is 9.50 Å². The molecule has 2 aromatic rings. The third-order valence-corrected chi connectivity index (χ3v) is 2.89. The van der Waals surface area contributed by atoms with Gasteiger partial charge in [-0.1, -0.05) is 23.8 Å². The summed E-state index contributed by atoms with van der Waals surface area (Å²) in [6.07, 6.45) is 0.